The number of anilines is 1. The van der Waals surface area contributed by atoms with E-state index < -0.39 is 22.0 Å². The fraction of sp³-hybridized carbons (Fsp3) is 0.429. The van der Waals surface area contributed by atoms with Gasteiger partial charge in [-0.25, -0.2) is 8.42 Å². The van der Waals surface area contributed by atoms with Crippen LogP contribution in [0.25, 0.3) is 0 Å². The lowest BCUT2D eigenvalue weighted by Crippen LogP contribution is -2.43. The molecule has 0 unspecified atom stereocenters. The van der Waals surface area contributed by atoms with Gasteiger partial charge in [0, 0.05) is 18.7 Å². The van der Waals surface area contributed by atoms with Crippen molar-refractivity contribution in [3.05, 3.63) is 23.8 Å². The predicted molar refractivity (Wildman–Crippen MR) is 79.5 cm³/mol. The highest BCUT2D eigenvalue weighted by Gasteiger charge is 2.38. The molecule has 8 heteroatoms. The second-order valence-electron chi connectivity index (χ2n) is 5.54. The molecule has 0 aliphatic carbocycles. The minimum atomic E-state index is -3.76. The summed E-state index contributed by atoms with van der Waals surface area (Å²) in [5, 5.41) is 2.71. The molecule has 1 aromatic rings. The number of carbonyl (C=O) groups excluding carboxylic acids is 2. The molecule has 0 spiro atoms. The van der Waals surface area contributed by atoms with Crippen LogP contribution in [0.2, 0.25) is 0 Å². The molecule has 0 aromatic heterocycles. The molecule has 2 aliphatic heterocycles. The Morgan fingerprint density at radius 2 is 2.09 bits per heavy atom. The highest BCUT2D eigenvalue weighted by atomic mass is 32.2. The van der Waals surface area contributed by atoms with Crippen molar-refractivity contribution < 1.29 is 18.0 Å². The minimum Gasteiger partial charge on any atom is -0.368 e. The summed E-state index contributed by atoms with van der Waals surface area (Å²) in [5.41, 5.74) is 6.73. The molecule has 1 aromatic carbocycles. The molecular formula is C14H17N3O4S. The van der Waals surface area contributed by atoms with Crippen LogP contribution >= 0.6 is 0 Å². The number of primary amides is 1. The standard InChI is InChI=1S/C14H17N3O4S/c15-14(19)12-2-1-7-17(12)22(20,21)10-4-5-11-9(8-10)3-6-13(18)16-11/h4-5,8,12H,1-3,6-7H2,(H2,15,19)(H,16,18)/t12-/m1/s1. The fourth-order valence-electron chi connectivity index (χ4n) is 2.97. The maximum absolute atomic E-state index is 12.7. The van der Waals surface area contributed by atoms with E-state index in [0.29, 0.717) is 37.9 Å². The van der Waals surface area contributed by atoms with Crippen molar-refractivity contribution in [3.63, 3.8) is 0 Å². The first-order valence-electron chi connectivity index (χ1n) is 7.13. The summed E-state index contributed by atoms with van der Waals surface area (Å²) in [4.78, 5) is 22.9. The van der Waals surface area contributed by atoms with E-state index in [1.807, 2.05) is 0 Å². The van der Waals surface area contributed by atoms with E-state index in [9.17, 15) is 18.0 Å². The average molecular weight is 323 g/mol. The van der Waals surface area contributed by atoms with Gasteiger partial charge in [-0.3, -0.25) is 9.59 Å². The maximum Gasteiger partial charge on any atom is 0.243 e. The molecule has 22 heavy (non-hydrogen) atoms. The Balaban J connectivity index is 1.96. The van der Waals surface area contributed by atoms with Crippen LogP contribution in [0.15, 0.2) is 23.1 Å². The molecule has 0 radical (unpaired) electrons. The number of benzene rings is 1. The molecule has 0 saturated carbocycles. The van der Waals surface area contributed by atoms with Crippen LogP contribution in [0.3, 0.4) is 0 Å². The van der Waals surface area contributed by atoms with E-state index >= 15 is 0 Å². The highest BCUT2D eigenvalue weighted by molar-refractivity contribution is 7.89. The van der Waals surface area contributed by atoms with Crippen LogP contribution in [0.5, 0.6) is 0 Å². The summed E-state index contributed by atoms with van der Waals surface area (Å²) < 4.78 is 26.6. The van der Waals surface area contributed by atoms with Gasteiger partial charge < -0.3 is 11.1 Å². The number of nitrogens with one attached hydrogen (secondary N) is 1. The van der Waals surface area contributed by atoms with E-state index in [0.717, 1.165) is 5.56 Å². The number of hydrogen-bond acceptors (Lipinski definition) is 4. The molecule has 0 bridgehead atoms. The summed E-state index contributed by atoms with van der Waals surface area (Å²) in [7, 11) is -3.76. The van der Waals surface area contributed by atoms with Gasteiger partial charge in [0.05, 0.1) is 4.90 Å². The van der Waals surface area contributed by atoms with Crippen LogP contribution < -0.4 is 11.1 Å². The topological polar surface area (TPSA) is 110 Å². The molecule has 7 nitrogen and oxygen atoms in total. The Kier molecular flexibility index (Phi) is 3.65. The van der Waals surface area contributed by atoms with Crippen LogP contribution in [0.4, 0.5) is 5.69 Å². The molecule has 3 rings (SSSR count). The van der Waals surface area contributed by atoms with Crippen LogP contribution in [0, 0.1) is 0 Å². The van der Waals surface area contributed by atoms with Crippen molar-refractivity contribution in [1.29, 1.82) is 0 Å². The summed E-state index contributed by atoms with van der Waals surface area (Å²) in [5.74, 6) is -0.692. The molecule has 2 amide bonds. The second-order valence-corrected chi connectivity index (χ2v) is 7.43. The van der Waals surface area contributed by atoms with Gasteiger partial charge >= 0.3 is 0 Å². The average Bonchev–Trinajstić information content (AvgIpc) is 2.97. The van der Waals surface area contributed by atoms with Crippen molar-refractivity contribution in [1.82, 2.24) is 4.31 Å². The highest BCUT2D eigenvalue weighted by Crippen LogP contribution is 2.30. The summed E-state index contributed by atoms with van der Waals surface area (Å²) >= 11 is 0. The quantitative estimate of drug-likeness (QED) is 0.828. The van der Waals surface area contributed by atoms with Crippen molar-refractivity contribution in [2.45, 2.75) is 36.6 Å². The third-order valence-electron chi connectivity index (χ3n) is 4.11. The van der Waals surface area contributed by atoms with Crippen LogP contribution in [0.1, 0.15) is 24.8 Å². The lowest BCUT2D eigenvalue weighted by Gasteiger charge is -2.23. The smallest absolute Gasteiger partial charge is 0.243 e. The molecule has 118 valence electrons. The molecule has 2 heterocycles. The zero-order chi connectivity index (χ0) is 15.9. The molecule has 3 N–H and O–H groups in total. The van der Waals surface area contributed by atoms with Crippen molar-refractivity contribution in [2.75, 3.05) is 11.9 Å². The number of aryl methyl sites for hydroxylation is 1. The zero-order valence-electron chi connectivity index (χ0n) is 11.9. The van der Waals surface area contributed by atoms with Crippen molar-refractivity contribution >= 4 is 27.5 Å². The fourth-order valence-corrected chi connectivity index (χ4v) is 4.68. The van der Waals surface area contributed by atoms with E-state index in [1.165, 1.54) is 10.4 Å². The number of rotatable bonds is 3. The summed E-state index contributed by atoms with van der Waals surface area (Å²) in [6.45, 7) is 0.295. The number of amides is 2. The maximum atomic E-state index is 12.7. The van der Waals surface area contributed by atoms with Gasteiger partial charge in [0.15, 0.2) is 0 Å². The molecule has 1 atom stereocenters. The predicted octanol–water partition coefficient (Wildman–Crippen LogP) is 0.210. The normalized spacial score (nSPS) is 22.2. The minimum absolute atomic E-state index is 0.0727. The zero-order valence-corrected chi connectivity index (χ0v) is 12.7. The Morgan fingerprint density at radius 3 is 2.82 bits per heavy atom. The first-order chi connectivity index (χ1) is 10.4. The van der Waals surface area contributed by atoms with E-state index in [2.05, 4.69) is 5.32 Å². The SMILES string of the molecule is NC(=O)[C@H]1CCCN1S(=O)(=O)c1ccc2c(c1)CCC(=O)N2. The van der Waals surface area contributed by atoms with Gasteiger partial charge in [0.2, 0.25) is 21.8 Å². The van der Waals surface area contributed by atoms with Gasteiger partial charge in [0.1, 0.15) is 6.04 Å². The van der Waals surface area contributed by atoms with Gasteiger partial charge in [-0.05, 0) is 43.0 Å². The van der Waals surface area contributed by atoms with E-state index in [4.69, 9.17) is 5.73 Å². The Bertz CT molecular complexity index is 744. The Hall–Kier alpha value is -1.93. The molecule has 1 fully saturated rings. The number of hydrogen-bond donors (Lipinski definition) is 2. The third-order valence-corrected chi connectivity index (χ3v) is 6.02. The monoisotopic (exact) mass is 323 g/mol. The van der Waals surface area contributed by atoms with Crippen molar-refractivity contribution in [3.8, 4) is 0 Å². The van der Waals surface area contributed by atoms with Crippen molar-refractivity contribution in [2.24, 2.45) is 5.73 Å². The van der Waals surface area contributed by atoms with Gasteiger partial charge in [-0.15, -0.1) is 0 Å². The molecular weight excluding hydrogens is 306 g/mol. The van der Waals surface area contributed by atoms with Crippen LogP contribution in [-0.2, 0) is 26.0 Å². The largest absolute Gasteiger partial charge is 0.368 e. The molecule has 2 aliphatic rings. The van der Waals surface area contributed by atoms with E-state index in [-0.39, 0.29) is 10.8 Å². The Morgan fingerprint density at radius 1 is 1.32 bits per heavy atom. The summed E-state index contributed by atoms with van der Waals surface area (Å²) in [6, 6.07) is 3.84. The van der Waals surface area contributed by atoms with Gasteiger partial charge in [-0.2, -0.15) is 4.31 Å². The second kappa shape index (κ2) is 5.36. The van der Waals surface area contributed by atoms with Gasteiger partial charge in [0.25, 0.3) is 0 Å². The van der Waals surface area contributed by atoms with Gasteiger partial charge in [-0.1, -0.05) is 0 Å². The number of carbonyl (C=O) groups is 2. The number of sulfonamides is 1. The third kappa shape index (κ3) is 2.48. The first kappa shape index (κ1) is 15.0. The lowest BCUT2D eigenvalue weighted by atomic mass is 10.0. The summed E-state index contributed by atoms with van der Waals surface area (Å²) in [6.07, 6.45) is 1.91. The number of fused-ring (bicyclic) bond motifs is 1. The lowest BCUT2D eigenvalue weighted by molar-refractivity contribution is -0.121. The van der Waals surface area contributed by atoms with Crippen LogP contribution in [-0.4, -0.2) is 37.1 Å². The number of nitrogens with zero attached hydrogens (tertiary/aromatic N) is 1. The first-order valence-corrected chi connectivity index (χ1v) is 8.57. The Labute approximate surface area is 128 Å². The van der Waals surface area contributed by atoms with E-state index in [1.54, 1.807) is 12.1 Å². The molecule has 1 saturated heterocycles. The number of nitrogens with two attached hydrogens (primary N) is 1.